The number of benzene rings is 1. The van der Waals surface area contributed by atoms with Crippen LogP contribution in [0.1, 0.15) is 24.0 Å². The molecule has 2 rings (SSSR count). The second kappa shape index (κ2) is 6.36. The average Bonchev–Trinajstić information content (AvgIpc) is 2.62. The Balaban J connectivity index is 1.86. The van der Waals surface area contributed by atoms with E-state index < -0.39 is 0 Å². The van der Waals surface area contributed by atoms with Gasteiger partial charge in [0.25, 0.3) is 0 Å². The van der Waals surface area contributed by atoms with E-state index in [9.17, 15) is 9.59 Å². The Bertz CT molecular complexity index is 454. The van der Waals surface area contributed by atoms with Crippen molar-refractivity contribution in [1.82, 2.24) is 10.2 Å². The summed E-state index contributed by atoms with van der Waals surface area (Å²) in [6, 6.07) is 8.22. The van der Waals surface area contributed by atoms with Crippen LogP contribution < -0.4 is 5.32 Å². The highest BCUT2D eigenvalue weighted by molar-refractivity contribution is 5.85. The molecule has 4 nitrogen and oxygen atoms in total. The zero-order valence-electron chi connectivity index (χ0n) is 11.3. The Hall–Kier alpha value is -1.84. The fourth-order valence-electron chi connectivity index (χ4n) is 2.18. The molecule has 0 aliphatic carbocycles. The Kier molecular flexibility index (Phi) is 4.55. The molecule has 1 fully saturated rings. The molecule has 0 radical (unpaired) electrons. The van der Waals surface area contributed by atoms with E-state index >= 15 is 0 Å². The van der Waals surface area contributed by atoms with Crippen molar-refractivity contribution in [2.45, 2.75) is 26.2 Å². The van der Waals surface area contributed by atoms with Gasteiger partial charge in [-0.3, -0.25) is 9.59 Å². The van der Waals surface area contributed by atoms with Crippen LogP contribution in [0.2, 0.25) is 0 Å². The summed E-state index contributed by atoms with van der Waals surface area (Å²) in [6.45, 7) is 3.59. The van der Waals surface area contributed by atoms with Crippen LogP contribution in [0.25, 0.3) is 0 Å². The summed E-state index contributed by atoms with van der Waals surface area (Å²) in [5.74, 6) is 0.0128. The lowest BCUT2D eigenvalue weighted by Gasteiger charge is -2.18. The molecule has 1 aromatic rings. The molecule has 0 bridgehead atoms. The monoisotopic (exact) mass is 260 g/mol. The lowest BCUT2D eigenvalue weighted by Crippen LogP contribution is -2.37. The predicted octanol–water partition coefficient (Wildman–Crippen LogP) is 1.28. The smallest absolute Gasteiger partial charge is 0.239 e. The van der Waals surface area contributed by atoms with Gasteiger partial charge in [0.1, 0.15) is 0 Å². The molecule has 2 amide bonds. The zero-order valence-corrected chi connectivity index (χ0v) is 11.3. The minimum Gasteiger partial charge on any atom is -0.354 e. The van der Waals surface area contributed by atoms with Crippen LogP contribution in [0.5, 0.6) is 0 Å². The van der Waals surface area contributed by atoms with E-state index in [2.05, 4.69) is 29.6 Å². The molecule has 1 aliphatic rings. The number of aryl methyl sites for hydroxylation is 2. The summed E-state index contributed by atoms with van der Waals surface area (Å²) in [7, 11) is 0. The molecule has 1 aliphatic heterocycles. The molecule has 0 aromatic heterocycles. The van der Waals surface area contributed by atoms with Gasteiger partial charge in [-0.15, -0.1) is 0 Å². The van der Waals surface area contributed by atoms with Gasteiger partial charge in [0.15, 0.2) is 0 Å². The summed E-state index contributed by atoms with van der Waals surface area (Å²) >= 11 is 0. The number of nitrogens with one attached hydrogen (secondary N) is 1. The molecule has 1 heterocycles. The molecule has 19 heavy (non-hydrogen) atoms. The highest BCUT2D eigenvalue weighted by Gasteiger charge is 2.19. The normalized spacial score (nSPS) is 15.8. The standard InChI is InChI=1S/C15H20N2O2/c1-12-3-5-13(6-4-12)7-8-15(19)17-10-2-9-16-14(18)11-17/h3-6H,2,7-11H2,1H3,(H,16,18). The Morgan fingerprint density at radius 3 is 2.79 bits per heavy atom. The van der Waals surface area contributed by atoms with E-state index in [-0.39, 0.29) is 18.4 Å². The van der Waals surface area contributed by atoms with Crippen molar-refractivity contribution in [1.29, 1.82) is 0 Å². The lowest BCUT2D eigenvalue weighted by atomic mass is 10.1. The van der Waals surface area contributed by atoms with Gasteiger partial charge in [0, 0.05) is 19.5 Å². The molecule has 0 spiro atoms. The van der Waals surface area contributed by atoms with Crippen molar-refractivity contribution in [2.24, 2.45) is 0 Å². The van der Waals surface area contributed by atoms with Gasteiger partial charge in [0.2, 0.25) is 11.8 Å². The second-order valence-electron chi connectivity index (χ2n) is 5.00. The van der Waals surface area contributed by atoms with Crippen molar-refractivity contribution in [3.05, 3.63) is 35.4 Å². The van der Waals surface area contributed by atoms with E-state index in [1.807, 2.05) is 6.92 Å². The lowest BCUT2D eigenvalue weighted by molar-refractivity contribution is -0.135. The van der Waals surface area contributed by atoms with Gasteiger partial charge >= 0.3 is 0 Å². The third kappa shape index (κ3) is 4.09. The molecular formula is C15H20N2O2. The molecule has 0 atom stereocenters. The summed E-state index contributed by atoms with van der Waals surface area (Å²) in [4.78, 5) is 25.2. The first-order chi connectivity index (χ1) is 9.15. The third-order valence-electron chi connectivity index (χ3n) is 3.36. The van der Waals surface area contributed by atoms with Crippen LogP contribution in [0, 0.1) is 6.92 Å². The second-order valence-corrected chi connectivity index (χ2v) is 5.00. The van der Waals surface area contributed by atoms with E-state index in [0.29, 0.717) is 19.5 Å². The van der Waals surface area contributed by atoms with Gasteiger partial charge < -0.3 is 10.2 Å². The van der Waals surface area contributed by atoms with Gasteiger partial charge in [-0.1, -0.05) is 29.8 Å². The minimum absolute atomic E-state index is 0.0545. The van der Waals surface area contributed by atoms with E-state index in [4.69, 9.17) is 0 Å². The maximum absolute atomic E-state index is 12.1. The SMILES string of the molecule is Cc1ccc(CCC(=O)N2CCCNC(=O)C2)cc1. The topological polar surface area (TPSA) is 49.4 Å². The summed E-state index contributed by atoms with van der Waals surface area (Å²) in [5.41, 5.74) is 2.39. The fourth-order valence-corrected chi connectivity index (χ4v) is 2.18. The minimum atomic E-state index is -0.0545. The number of hydrogen-bond donors (Lipinski definition) is 1. The Morgan fingerprint density at radius 2 is 2.05 bits per heavy atom. The first-order valence-electron chi connectivity index (χ1n) is 6.75. The molecule has 102 valence electrons. The third-order valence-corrected chi connectivity index (χ3v) is 3.36. The predicted molar refractivity (Wildman–Crippen MR) is 73.7 cm³/mol. The molecule has 0 unspecified atom stereocenters. The van der Waals surface area contributed by atoms with E-state index in [1.165, 1.54) is 11.1 Å². The summed E-state index contributed by atoms with van der Waals surface area (Å²) < 4.78 is 0. The van der Waals surface area contributed by atoms with Crippen LogP contribution in [-0.2, 0) is 16.0 Å². The zero-order chi connectivity index (χ0) is 13.7. The van der Waals surface area contributed by atoms with Crippen molar-refractivity contribution in [3.8, 4) is 0 Å². The van der Waals surface area contributed by atoms with Crippen molar-refractivity contribution in [3.63, 3.8) is 0 Å². The Morgan fingerprint density at radius 1 is 1.32 bits per heavy atom. The maximum atomic E-state index is 12.1. The van der Waals surface area contributed by atoms with Gasteiger partial charge in [0.05, 0.1) is 6.54 Å². The molecule has 0 saturated carbocycles. The molecular weight excluding hydrogens is 240 g/mol. The van der Waals surface area contributed by atoms with Gasteiger partial charge in [-0.2, -0.15) is 0 Å². The highest BCUT2D eigenvalue weighted by Crippen LogP contribution is 2.08. The summed E-state index contributed by atoms with van der Waals surface area (Å²) in [5, 5.41) is 2.78. The Labute approximate surface area is 113 Å². The van der Waals surface area contributed by atoms with Gasteiger partial charge in [-0.25, -0.2) is 0 Å². The first kappa shape index (κ1) is 13.6. The van der Waals surface area contributed by atoms with Crippen LogP contribution in [0.3, 0.4) is 0 Å². The first-order valence-corrected chi connectivity index (χ1v) is 6.75. The van der Waals surface area contributed by atoms with E-state index in [1.54, 1.807) is 4.90 Å². The number of amides is 2. The number of nitrogens with zero attached hydrogens (tertiary/aromatic N) is 1. The largest absolute Gasteiger partial charge is 0.354 e. The van der Waals surface area contributed by atoms with Crippen LogP contribution in [0.4, 0.5) is 0 Å². The molecule has 1 saturated heterocycles. The van der Waals surface area contributed by atoms with Crippen LogP contribution >= 0.6 is 0 Å². The fraction of sp³-hybridized carbons (Fsp3) is 0.467. The van der Waals surface area contributed by atoms with Crippen molar-refractivity contribution >= 4 is 11.8 Å². The molecule has 1 aromatic carbocycles. The van der Waals surface area contributed by atoms with Crippen LogP contribution in [-0.4, -0.2) is 36.3 Å². The maximum Gasteiger partial charge on any atom is 0.239 e. The van der Waals surface area contributed by atoms with Crippen molar-refractivity contribution < 1.29 is 9.59 Å². The number of carbonyl (C=O) groups excluding carboxylic acids is 2. The van der Waals surface area contributed by atoms with Crippen LogP contribution in [0.15, 0.2) is 24.3 Å². The average molecular weight is 260 g/mol. The summed E-state index contributed by atoms with van der Waals surface area (Å²) in [6.07, 6.45) is 2.04. The highest BCUT2D eigenvalue weighted by atomic mass is 16.2. The number of carbonyl (C=O) groups is 2. The van der Waals surface area contributed by atoms with E-state index in [0.717, 1.165) is 12.8 Å². The quantitative estimate of drug-likeness (QED) is 0.890. The number of hydrogen-bond acceptors (Lipinski definition) is 2. The van der Waals surface area contributed by atoms with Crippen molar-refractivity contribution in [2.75, 3.05) is 19.6 Å². The molecule has 1 N–H and O–H groups in total. The molecule has 4 heteroatoms. The number of rotatable bonds is 3. The van der Waals surface area contributed by atoms with Gasteiger partial charge in [-0.05, 0) is 25.3 Å².